The number of rotatable bonds is 2. The van der Waals surface area contributed by atoms with E-state index in [1.807, 2.05) is 29.0 Å². The van der Waals surface area contributed by atoms with Crippen molar-refractivity contribution in [2.45, 2.75) is 20.0 Å². The van der Waals surface area contributed by atoms with Crippen LogP contribution in [0.1, 0.15) is 28.4 Å². The molecule has 0 saturated heterocycles. The van der Waals surface area contributed by atoms with Gasteiger partial charge in [0.15, 0.2) is 0 Å². The second kappa shape index (κ2) is 4.17. The van der Waals surface area contributed by atoms with E-state index in [1.165, 1.54) is 11.1 Å². The first-order chi connectivity index (χ1) is 7.16. The lowest BCUT2D eigenvalue weighted by molar-refractivity contribution is 0.220. The molecule has 0 spiro atoms. The third-order valence-corrected chi connectivity index (χ3v) is 3.12. The van der Waals surface area contributed by atoms with E-state index in [2.05, 4.69) is 19.9 Å². The lowest BCUT2D eigenvalue weighted by atomic mass is 10.00. The number of hydrogen-bond donors (Lipinski definition) is 1. The Morgan fingerprint density at radius 3 is 2.27 bits per heavy atom. The Hall–Kier alpha value is -1.12. The second-order valence-corrected chi connectivity index (χ2v) is 4.66. The van der Waals surface area contributed by atoms with Gasteiger partial charge in [0.25, 0.3) is 0 Å². The summed E-state index contributed by atoms with van der Waals surface area (Å²) in [6.07, 6.45) is -0.491. The molecule has 2 rings (SSSR count). The molecule has 1 heterocycles. The van der Waals surface area contributed by atoms with Crippen LogP contribution in [-0.2, 0) is 0 Å². The Bertz CT molecular complexity index is 425. The quantitative estimate of drug-likeness (QED) is 0.818. The van der Waals surface area contributed by atoms with E-state index in [0.29, 0.717) is 0 Å². The van der Waals surface area contributed by atoms with Gasteiger partial charge in [0.05, 0.1) is 0 Å². The van der Waals surface area contributed by atoms with Crippen LogP contribution in [0.3, 0.4) is 0 Å². The minimum atomic E-state index is -0.491. The van der Waals surface area contributed by atoms with Crippen molar-refractivity contribution in [1.82, 2.24) is 0 Å². The molecule has 0 bridgehead atoms. The van der Waals surface area contributed by atoms with Gasteiger partial charge in [-0.2, -0.15) is 11.3 Å². The van der Waals surface area contributed by atoms with Crippen LogP contribution >= 0.6 is 11.3 Å². The summed E-state index contributed by atoms with van der Waals surface area (Å²) in [4.78, 5) is 0. The van der Waals surface area contributed by atoms with E-state index < -0.39 is 6.10 Å². The minimum absolute atomic E-state index is 0.491. The highest BCUT2D eigenvalue weighted by molar-refractivity contribution is 7.07. The van der Waals surface area contributed by atoms with Crippen LogP contribution in [-0.4, -0.2) is 5.11 Å². The van der Waals surface area contributed by atoms with E-state index in [-0.39, 0.29) is 0 Å². The summed E-state index contributed by atoms with van der Waals surface area (Å²) in [5.74, 6) is 0. The fourth-order valence-corrected chi connectivity index (χ4v) is 2.47. The zero-order valence-corrected chi connectivity index (χ0v) is 9.71. The summed E-state index contributed by atoms with van der Waals surface area (Å²) in [5.41, 5.74) is 4.34. The highest BCUT2D eigenvalue weighted by atomic mass is 32.1. The van der Waals surface area contributed by atoms with E-state index in [0.717, 1.165) is 11.1 Å². The third-order valence-electron chi connectivity index (χ3n) is 2.42. The van der Waals surface area contributed by atoms with Gasteiger partial charge in [0.2, 0.25) is 0 Å². The average Bonchev–Trinajstić information content (AvgIpc) is 2.67. The molecule has 2 heteroatoms. The summed E-state index contributed by atoms with van der Waals surface area (Å²) in [6.45, 7) is 4.10. The van der Waals surface area contributed by atoms with Gasteiger partial charge in [-0.05, 0) is 41.8 Å². The normalized spacial score (nSPS) is 12.7. The predicted molar refractivity (Wildman–Crippen MR) is 64.3 cm³/mol. The second-order valence-electron chi connectivity index (χ2n) is 3.88. The molecule has 0 aliphatic heterocycles. The average molecular weight is 218 g/mol. The molecule has 0 unspecified atom stereocenters. The van der Waals surface area contributed by atoms with E-state index in [4.69, 9.17) is 0 Å². The molecule has 78 valence electrons. The number of thiophene rings is 1. The van der Waals surface area contributed by atoms with E-state index in [9.17, 15) is 5.11 Å². The first-order valence-corrected chi connectivity index (χ1v) is 5.89. The summed E-state index contributed by atoms with van der Waals surface area (Å²) in [6, 6.07) is 8.15. The molecule has 2 aromatic rings. The number of aryl methyl sites for hydroxylation is 2. The molecule has 1 nitrogen and oxygen atoms in total. The van der Waals surface area contributed by atoms with Gasteiger partial charge in [0.1, 0.15) is 6.10 Å². The lowest BCUT2D eigenvalue weighted by Crippen LogP contribution is -1.98. The smallest absolute Gasteiger partial charge is 0.105 e. The van der Waals surface area contributed by atoms with Crippen LogP contribution in [0.2, 0.25) is 0 Å². The molecule has 1 aromatic heterocycles. The highest BCUT2D eigenvalue weighted by Gasteiger charge is 2.10. The molecule has 0 fully saturated rings. The summed E-state index contributed by atoms with van der Waals surface area (Å²) < 4.78 is 0. The predicted octanol–water partition coefficient (Wildman–Crippen LogP) is 3.45. The molecular formula is C13H14OS. The Balaban J connectivity index is 2.37. The van der Waals surface area contributed by atoms with Crippen LogP contribution in [0.25, 0.3) is 0 Å². The maximum atomic E-state index is 10.1. The fraction of sp³-hybridized carbons (Fsp3) is 0.231. The third kappa shape index (κ3) is 2.28. The maximum Gasteiger partial charge on any atom is 0.105 e. The van der Waals surface area contributed by atoms with Crippen molar-refractivity contribution in [3.8, 4) is 0 Å². The SMILES string of the molecule is Cc1cc(C)cc([C@@H](O)c2ccsc2)c1. The molecule has 1 N–H and O–H groups in total. The number of benzene rings is 1. The van der Waals surface area contributed by atoms with Gasteiger partial charge < -0.3 is 5.11 Å². The molecule has 15 heavy (non-hydrogen) atoms. The minimum Gasteiger partial charge on any atom is -0.384 e. The Morgan fingerprint density at radius 2 is 1.73 bits per heavy atom. The van der Waals surface area contributed by atoms with Crippen LogP contribution < -0.4 is 0 Å². The van der Waals surface area contributed by atoms with Crippen LogP contribution in [0.5, 0.6) is 0 Å². The first kappa shape index (κ1) is 10.4. The summed E-state index contributed by atoms with van der Waals surface area (Å²) in [7, 11) is 0. The molecule has 0 saturated carbocycles. The molecule has 0 amide bonds. The first-order valence-electron chi connectivity index (χ1n) is 4.95. The van der Waals surface area contributed by atoms with Crippen LogP contribution in [0.15, 0.2) is 35.0 Å². The zero-order valence-electron chi connectivity index (χ0n) is 8.90. The largest absolute Gasteiger partial charge is 0.384 e. The van der Waals surface area contributed by atoms with Crippen molar-refractivity contribution in [2.24, 2.45) is 0 Å². The summed E-state index contributed by atoms with van der Waals surface area (Å²) in [5, 5.41) is 14.1. The van der Waals surface area contributed by atoms with Crippen molar-refractivity contribution in [3.05, 3.63) is 57.3 Å². The van der Waals surface area contributed by atoms with Crippen LogP contribution in [0.4, 0.5) is 0 Å². The molecule has 1 atom stereocenters. The molecule has 0 radical (unpaired) electrons. The van der Waals surface area contributed by atoms with Crippen molar-refractivity contribution in [2.75, 3.05) is 0 Å². The van der Waals surface area contributed by atoms with Gasteiger partial charge in [-0.3, -0.25) is 0 Å². The highest BCUT2D eigenvalue weighted by Crippen LogP contribution is 2.25. The molecule has 0 aliphatic rings. The Kier molecular flexibility index (Phi) is 2.89. The summed E-state index contributed by atoms with van der Waals surface area (Å²) >= 11 is 1.61. The molecule has 0 aliphatic carbocycles. The number of aliphatic hydroxyl groups excluding tert-OH is 1. The maximum absolute atomic E-state index is 10.1. The Morgan fingerprint density at radius 1 is 1.07 bits per heavy atom. The standard InChI is InChI=1S/C13H14OS/c1-9-5-10(2)7-12(6-9)13(14)11-3-4-15-8-11/h3-8,13-14H,1-2H3/t13-/m0/s1. The molecular weight excluding hydrogens is 204 g/mol. The Labute approximate surface area is 94.0 Å². The topological polar surface area (TPSA) is 20.2 Å². The van der Waals surface area contributed by atoms with E-state index >= 15 is 0 Å². The van der Waals surface area contributed by atoms with Crippen molar-refractivity contribution in [1.29, 1.82) is 0 Å². The monoisotopic (exact) mass is 218 g/mol. The van der Waals surface area contributed by atoms with Gasteiger partial charge >= 0.3 is 0 Å². The molecule has 1 aromatic carbocycles. The fourth-order valence-electron chi connectivity index (χ4n) is 1.79. The van der Waals surface area contributed by atoms with Gasteiger partial charge in [-0.25, -0.2) is 0 Å². The van der Waals surface area contributed by atoms with Crippen LogP contribution in [0, 0.1) is 13.8 Å². The number of hydrogen-bond acceptors (Lipinski definition) is 2. The lowest BCUT2D eigenvalue weighted by Gasteiger charge is -2.11. The van der Waals surface area contributed by atoms with Gasteiger partial charge in [0, 0.05) is 0 Å². The van der Waals surface area contributed by atoms with Crippen molar-refractivity contribution in [3.63, 3.8) is 0 Å². The van der Waals surface area contributed by atoms with Gasteiger partial charge in [-0.15, -0.1) is 0 Å². The van der Waals surface area contributed by atoms with Gasteiger partial charge in [-0.1, -0.05) is 29.3 Å². The van der Waals surface area contributed by atoms with Crippen molar-refractivity contribution >= 4 is 11.3 Å². The van der Waals surface area contributed by atoms with E-state index in [1.54, 1.807) is 11.3 Å². The van der Waals surface area contributed by atoms with Crippen molar-refractivity contribution < 1.29 is 5.11 Å². The number of aliphatic hydroxyl groups is 1. The zero-order chi connectivity index (χ0) is 10.8.